The second-order valence-corrected chi connectivity index (χ2v) is 9.96. The summed E-state index contributed by atoms with van der Waals surface area (Å²) >= 11 is 0. The lowest BCUT2D eigenvalue weighted by atomic mass is 9.69. The number of benzene rings is 1. The van der Waals surface area contributed by atoms with Crippen LogP contribution >= 0.6 is 0 Å². The normalized spacial score (nSPS) is 33.2. The predicted octanol–water partition coefficient (Wildman–Crippen LogP) is 7.24. The number of hydrogen-bond acceptors (Lipinski definition) is 1. The van der Waals surface area contributed by atoms with Gasteiger partial charge in [0.2, 0.25) is 5.82 Å². The number of aryl methyl sites for hydroxylation is 2. The number of ether oxygens (including phenoxy) is 1. The van der Waals surface area contributed by atoms with E-state index in [0.717, 1.165) is 42.6 Å². The molecule has 1 aliphatic heterocycles. The molecular formula is C25H36F2O. The fourth-order valence-electron chi connectivity index (χ4n) is 5.90. The van der Waals surface area contributed by atoms with Crippen LogP contribution in [0, 0.1) is 35.3 Å². The standard InChI is InChI=1S/C25H36F2O/c1-16-3-9-19(10-4-16)20-12-6-18(7-13-20)8-14-21-15-22-11-5-17(2)28-25(22)24(27)23(21)26/h15-20H,3-14H2,1-2H3. The van der Waals surface area contributed by atoms with Gasteiger partial charge < -0.3 is 4.74 Å². The van der Waals surface area contributed by atoms with Gasteiger partial charge in [-0.05, 0) is 99.2 Å². The Bertz CT molecular complexity index is 670. The summed E-state index contributed by atoms with van der Waals surface area (Å²) in [6.45, 7) is 4.31. The van der Waals surface area contributed by atoms with Gasteiger partial charge in [-0.2, -0.15) is 4.39 Å². The van der Waals surface area contributed by atoms with E-state index in [0.29, 0.717) is 17.9 Å². The Morgan fingerprint density at radius 2 is 1.50 bits per heavy atom. The van der Waals surface area contributed by atoms with Crippen LogP contribution in [-0.2, 0) is 12.8 Å². The Morgan fingerprint density at radius 1 is 0.857 bits per heavy atom. The first-order valence-corrected chi connectivity index (χ1v) is 11.7. The molecule has 1 atom stereocenters. The third kappa shape index (κ3) is 4.39. The van der Waals surface area contributed by atoms with Crippen molar-refractivity contribution in [2.24, 2.45) is 23.7 Å². The van der Waals surface area contributed by atoms with Gasteiger partial charge >= 0.3 is 0 Å². The van der Waals surface area contributed by atoms with Crippen LogP contribution in [0.3, 0.4) is 0 Å². The van der Waals surface area contributed by atoms with Gasteiger partial charge in [0.1, 0.15) is 0 Å². The first kappa shape index (κ1) is 20.2. The molecule has 3 aliphatic rings. The molecule has 156 valence electrons. The third-order valence-electron chi connectivity index (χ3n) is 7.89. The number of hydrogen-bond donors (Lipinski definition) is 0. The Morgan fingerprint density at radius 3 is 2.18 bits per heavy atom. The number of rotatable bonds is 4. The quantitative estimate of drug-likeness (QED) is 0.526. The summed E-state index contributed by atoms with van der Waals surface area (Å²) in [5.41, 5.74) is 1.40. The van der Waals surface area contributed by atoms with Gasteiger partial charge in [0, 0.05) is 0 Å². The molecule has 4 rings (SSSR count). The van der Waals surface area contributed by atoms with E-state index in [4.69, 9.17) is 4.74 Å². The highest BCUT2D eigenvalue weighted by atomic mass is 19.2. The third-order valence-corrected chi connectivity index (χ3v) is 7.89. The molecule has 0 radical (unpaired) electrons. The van der Waals surface area contributed by atoms with E-state index in [9.17, 15) is 8.78 Å². The average Bonchev–Trinajstić information content (AvgIpc) is 2.71. The first-order valence-electron chi connectivity index (χ1n) is 11.7. The van der Waals surface area contributed by atoms with Crippen molar-refractivity contribution in [2.45, 2.75) is 97.0 Å². The van der Waals surface area contributed by atoms with E-state index in [1.807, 2.05) is 13.0 Å². The van der Waals surface area contributed by atoms with Crippen molar-refractivity contribution in [2.75, 3.05) is 0 Å². The topological polar surface area (TPSA) is 9.23 Å². The molecule has 0 aromatic heterocycles. The summed E-state index contributed by atoms with van der Waals surface area (Å²) in [5, 5.41) is 0. The molecule has 1 nitrogen and oxygen atoms in total. The average molecular weight is 391 g/mol. The van der Waals surface area contributed by atoms with Crippen LogP contribution in [0.2, 0.25) is 0 Å². The van der Waals surface area contributed by atoms with E-state index in [2.05, 4.69) is 6.92 Å². The Balaban J connectivity index is 1.30. The molecule has 0 amide bonds. The maximum Gasteiger partial charge on any atom is 0.201 e. The molecule has 0 saturated heterocycles. The van der Waals surface area contributed by atoms with E-state index in [-0.39, 0.29) is 11.9 Å². The van der Waals surface area contributed by atoms with Crippen LogP contribution in [0.5, 0.6) is 5.75 Å². The summed E-state index contributed by atoms with van der Waals surface area (Å²) in [7, 11) is 0. The van der Waals surface area contributed by atoms with Crippen molar-refractivity contribution in [3.63, 3.8) is 0 Å². The molecule has 1 unspecified atom stereocenters. The monoisotopic (exact) mass is 390 g/mol. The lowest BCUT2D eigenvalue weighted by Gasteiger charge is -2.37. The van der Waals surface area contributed by atoms with E-state index in [1.165, 1.54) is 51.4 Å². The van der Waals surface area contributed by atoms with Gasteiger partial charge in [0.25, 0.3) is 0 Å². The second-order valence-electron chi connectivity index (χ2n) is 9.96. The predicted molar refractivity (Wildman–Crippen MR) is 110 cm³/mol. The van der Waals surface area contributed by atoms with Crippen molar-refractivity contribution < 1.29 is 13.5 Å². The van der Waals surface area contributed by atoms with Crippen molar-refractivity contribution >= 4 is 0 Å². The summed E-state index contributed by atoms with van der Waals surface area (Å²) < 4.78 is 34.6. The number of halogens is 2. The molecular weight excluding hydrogens is 354 g/mol. The molecule has 0 N–H and O–H groups in total. The lowest BCUT2D eigenvalue weighted by molar-refractivity contribution is 0.147. The molecule has 0 bridgehead atoms. The fourth-order valence-corrected chi connectivity index (χ4v) is 5.90. The molecule has 28 heavy (non-hydrogen) atoms. The number of fused-ring (bicyclic) bond motifs is 1. The van der Waals surface area contributed by atoms with Crippen LogP contribution in [-0.4, -0.2) is 6.10 Å². The van der Waals surface area contributed by atoms with Crippen molar-refractivity contribution in [3.8, 4) is 5.75 Å². The Labute approximate surface area is 169 Å². The van der Waals surface area contributed by atoms with Crippen LogP contribution in [0.25, 0.3) is 0 Å². The Kier molecular flexibility index (Phi) is 6.27. The molecule has 2 saturated carbocycles. The zero-order valence-electron chi connectivity index (χ0n) is 17.6. The zero-order valence-corrected chi connectivity index (χ0v) is 17.6. The molecule has 1 aromatic carbocycles. The SMILES string of the molecule is CC1CCC(C2CCC(CCc3cc4c(c(F)c3F)OC(C)CC4)CC2)CC1. The molecule has 3 heteroatoms. The summed E-state index contributed by atoms with van der Waals surface area (Å²) in [5.74, 6) is 2.17. The maximum atomic E-state index is 14.6. The molecule has 1 heterocycles. The highest BCUT2D eigenvalue weighted by molar-refractivity contribution is 5.41. The van der Waals surface area contributed by atoms with Gasteiger partial charge in [0.05, 0.1) is 6.10 Å². The second kappa shape index (κ2) is 8.71. The van der Waals surface area contributed by atoms with Crippen LogP contribution in [0.1, 0.15) is 89.2 Å². The Hall–Kier alpha value is -1.12. The van der Waals surface area contributed by atoms with Crippen molar-refractivity contribution in [1.82, 2.24) is 0 Å². The first-order chi connectivity index (χ1) is 13.5. The van der Waals surface area contributed by atoms with Gasteiger partial charge in [-0.3, -0.25) is 0 Å². The molecule has 2 aliphatic carbocycles. The molecule has 1 aromatic rings. The smallest absolute Gasteiger partial charge is 0.201 e. The van der Waals surface area contributed by atoms with Crippen molar-refractivity contribution in [1.29, 1.82) is 0 Å². The minimum Gasteiger partial charge on any atom is -0.487 e. The summed E-state index contributed by atoms with van der Waals surface area (Å²) in [6.07, 6.45) is 14.2. The highest BCUT2D eigenvalue weighted by Gasteiger charge is 2.30. The van der Waals surface area contributed by atoms with E-state index >= 15 is 0 Å². The maximum absolute atomic E-state index is 14.6. The summed E-state index contributed by atoms with van der Waals surface area (Å²) in [6, 6.07) is 1.87. The van der Waals surface area contributed by atoms with Gasteiger partial charge in [0.15, 0.2) is 11.6 Å². The fraction of sp³-hybridized carbons (Fsp3) is 0.760. The van der Waals surface area contributed by atoms with E-state index in [1.54, 1.807) is 0 Å². The summed E-state index contributed by atoms with van der Waals surface area (Å²) in [4.78, 5) is 0. The van der Waals surface area contributed by atoms with E-state index < -0.39 is 11.6 Å². The van der Waals surface area contributed by atoms with Crippen LogP contribution in [0.4, 0.5) is 8.78 Å². The molecule has 2 fully saturated rings. The lowest BCUT2D eigenvalue weighted by Crippen LogP contribution is -2.25. The zero-order chi connectivity index (χ0) is 19.7. The van der Waals surface area contributed by atoms with Gasteiger partial charge in [-0.25, -0.2) is 4.39 Å². The van der Waals surface area contributed by atoms with Gasteiger partial charge in [-0.1, -0.05) is 32.6 Å². The van der Waals surface area contributed by atoms with Crippen LogP contribution < -0.4 is 4.74 Å². The largest absolute Gasteiger partial charge is 0.487 e. The minimum atomic E-state index is -0.769. The van der Waals surface area contributed by atoms with Crippen LogP contribution in [0.15, 0.2) is 6.07 Å². The highest BCUT2D eigenvalue weighted by Crippen LogP contribution is 2.42. The van der Waals surface area contributed by atoms with Gasteiger partial charge in [-0.15, -0.1) is 0 Å². The van der Waals surface area contributed by atoms with Crippen molar-refractivity contribution in [3.05, 3.63) is 28.8 Å². The minimum absolute atomic E-state index is 0.0326. The molecule has 0 spiro atoms.